The summed E-state index contributed by atoms with van der Waals surface area (Å²) in [4.78, 5) is 4.26. The molecule has 1 atom stereocenters. The first-order valence-electron chi connectivity index (χ1n) is 4.91. The SMILES string of the molecule is Brc1ccc(NCC2CCNC2)nc1.Cl. The first-order valence-corrected chi connectivity index (χ1v) is 5.70. The lowest BCUT2D eigenvalue weighted by molar-refractivity contribution is 0.614. The number of hydrogen-bond donors (Lipinski definition) is 2. The monoisotopic (exact) mass is 291 g/mol. The molecule has 1 aromatic heterocycles. The predicted octanol–water partition coefficient (Wildman–Crippen LogP) is 2.29. The highest BCUT2D eigenvalue weighted by Gasteiger charge is 2.13. The Morgan fingerprint density at radius 1 is 1.53 bits per heavy atom. The molecule has 2 rings (SSSR count). The van der Waals surface area contributed by atoms with Crippen LogP contribution in [0.15, 0.2) is 22.8 Å². The number of anilines is 1. The fourth-order valence-corrected chi connectivity index (χ4v) is 1.85. The van der Waals surface area contributed by atoms with Crippen molar-refractivity contribution in [2.45, 2.75) is 6.42 Å². The lowest BCUT2D eigenvalue weighted by atomic mass is 10.1. The minimum atomic E-state index is 0. The highest BCUT2D eigenvalue weighted by Crippen LogP contribution is 2.12. The molecule has 1 fully saturated rings. The van der Waals surface area contributed by atoms with E-state index in [1.54, 1.807) is 0 Å². The van der Waals surface area contributed by atoms with Gasteiger partial charge in [-0.1, -0.05) is 0 Å². The molecule has 1 aliphatic rings. The van der Waals surface area contributed by atoms with Gasteiger partial charge in [0.05, 0.1) is 0 Å². The molecule has 1 aliphatic heterocycles. The van der Waals surface area contributed by atoms with Crippen molar-refractivity contribution in [3.63, 3.8) is 0 Å². The van der Waals surface area contributed by atoms with Crippen molar-refractivity contribution in [3.05, 3.63) is 22.8 Å². The van der Waals surface area contributed by atoms with E-state index in [9.17, 15) is 0 Å². The molecule has 1 saturated heterocycles. The Hall–Kier alpha value is -0.320. The van der Waals surface area contributed by atoms with Gasteiger partial charge in [-0.05, 0) is 53.5 Å². The normalized spacial score (nSPS) is 19.7. The molecule has 0 radical (unpaired) electrons. The first-order chi connectivity index (χ1) is 6.84. The maximum atomic E-state index is 4.26. The van der Waals surface area contributed by atoms with Crippen LogP contribution in [-0.2, 0) is 0 Å². The summed E-state index contributed by atoms with van der Waals surface area (Å²) in [5.74, 6) is 1.71. The van der Waals surface area contributed by atoms with Crippen molar-refractivity contribution in [2.24, 2.45) is 5.92 Å². The van der Waals surface area contributed by atoms with Crippen molar-refractivity contribution in [1.82, 2.24) is 10.3 Å². The van der Waals surface area contributed by atoms with Crippen molar-refractivity contribution in [2.75, 3.05) is 25.0 Å². The number of aromatic nitrogens is 1. The van der Waals surface area contributed by atoms with Crippen LogP contribution in [0.1, 0.15) is 6.42 Å². The van der Waals surface area contributed by atoms with Crippen LogP contribution in [-0.4, -0.2) is 24.6 Å². The van der Waals surface area contributed by atoms with Crippen LogP contribution in [0.25, 0.3) is 0 Å². The molecule has 3 nitrogen and oxygen atoms in total. The minimum Gasteiger partial charge on any atom is -0.370 e. The summed E-state index contributed by atoms with van der Waals surface area (Å²) in [5.41, 5.74) is 0. The van der Waals surface area contributed by atoms with E-state index in [0.717, 1.165) is 35.8 Å². The van der Waals surface area contributed by atoms with Crippen LogP contribution in [0.5, 0.6) is 0 Å². The Labute approximate surface area is 105 Å². The smallest absolute Gasteiger partial charge is 0.125 e. The van der Waals surface area contributed by atoms with Gasteiger partial charge in [-0.2, -0.15) is 0 Å². The summed E-state index contributed by atoms with van der Waals surface area (Å²) in [6.07, 6.45) is 3.08. The summed E-state index contributed by atoms with van der Waals surface area (Å²) in [7, 11) is 0. The van der Waals surface area contributed by atoms with Crippen LogP contribution in [0.2, 0.25) is 0 Å². The molecule has 5 heteroatoms. The van der Waals surface area contributed by atoms with Gasteiger partial charge in [0.1, 0.15) is 5.82 Å². The number of halogens is 2. The zero-order valence-electron chi connectivity index (χ0n) is 8.37. The second kappa shape index (κ2) is 6.30. The van der Waals surface area contributed by atoms with Gasteiger partial charge >= 0.3 is 0 Å². The first kappa shape index (κ1) is 12.7. The van der Waals surface area contributed by atoms with E-state index in [1.807, 2.05) is 18.3 Å². The van der Waals surface area contributed by atoms with Gasteiger partial charge in [0.15, 0.2) is 0 Å². The molecule has 1 unspecified atom stereocenters. The highest BCUT2D eigenvalue weighted by molar-refractivity contribution is 9.10. The van der Waals surface area contributed by atoms with E-state index in [1.165, 1.54) is 6.42 Å². The maximum absolute atomic E-state index is 4.26. The van der Waals surface area contributed by atoms with Crippen molar-refractivity contribution < 1.29 is 0 Å². The third-order valence-electron chi connectivity index (χ3n) is 2.46. The number of nitrogens with one attached hydrogen (secondary N) is 2. The number of nitrogens with zero attached hydrogens (tertiary/aromatic N) is 1. The molecule has 0 amide bonds. The molecule has 0 spiro atoms. The van der Waals surface area contributed by atoms with Gasteiger partial charge in [0.25, 0.3) is 0 Å². The summed E-state index contributed by atoms with van der Waals surface area (Å²) in [6, 6.07) is 3.99. The molecule has 84 valence electrons. The van der Waals surface area contributed by atoms with Crippen molar-refractivity contribution in [3.8, 4) is 0 Å². The average molecular weight is 293 g/mol. The van der Waals surface area contributed by atoms with E-state index in [4.69, 9.17) is 0 Å². The standard InChI is InChI=1S/C10H14BrN3.ClH/c11-9-1-2-10(14-7-9)13-6-8-3-4-12-5-8;/h1-2,7-8,12H,3-6H2,(H,13,14);1H. The average Bonchev–Trinajstić information content (AvgIpc) is 2.70. The van der Waals surface area contributed by atoms with Gasteiger partial charge in [-0.3, -0.25) is 0 Å². The minimum absolute atomic E-state index is 0. The molecule has 0 bridgehead atoms. The lowest BCUT2D eigenvalue weighted by Gasteiger charge is -2.10. The van der Waals surface area contributed by atoms with E-state index < -0.39 is 0 Å². The van der Waals surface area contributed by atoms with Gasteiger partial charge in [-0.15, -0.1) is 12.4 Å². The molecule has 1 aromatic rings. The van der Waals surface area contributed by atoms with Gasteiger partial charge in [-0.25, -0.2) is 4.98 Å². The van der Waals surface area contributed by atoms with Gasteiger partial charge in [0.2, 0.25) is 0 Å². The molecule has 0 saturated carbocycles. The molecular formula is C10H15BrClN3. The largest absolute Gasteiger partial charge is 0.370 e. The Kier molecular flexibility index (Phi) is 5.36. The van der Waals surface area contributed by atoms with Crippen LogP contribution in [0, 0.1) is 5.92 Å². The molecule has 2 heterocycles. The van der Waals surface area contributed by atoms with Crippen molar-refractivity contribution in [1.29, 1.82) is 0 Å². The van der Waals surface area contributed by atoms with Crippen LogP contribution in [0.3, 0.4) is 0 Å². The number of rotatable bonds is 3. The maximum Gasteiger partial charge on any atom is 0.125 e. The third kappa shape index (κ3) is 3.97. The van der Waals surface area contributed by atoms with Crippen LogP contribution < -0.4 is 10.6 Å². The predicted molar refractivity (Wildman–Crippen MR) is 68.7 cm³/mol. The van der Waals surface area contributed by atoms with E-state index >= 15 is 0 Å². The number of hydrogen-bond acceptors (Lipinski definition) is 3. The Morgan fingerprint density at radius 2 is 2.40 bits per heavy atom. The molecule has 0 aromatic carbocycles. The quantitative estimate of drug-likeness (QED) is 0.897. The van der Waals surface area contributed by atoms with E-state index in [-0.39, 0.29) is 12.4 Å². The summed E-state index contributed by atoms with van der Waals surface area (Å²) >= 11 is 3.36. The van der Waals surface area contributed by atoms with Crippen LogP contribution >= 0.6 is 28.3 Å². The molecular weight excluding hydrogens is 277 g/mol. The second-order valence-corrected chi connectivity index (χ2v) is 4.52. The summed E-state index contributed by atoms with van der Waals surface area (Å²) < 4.78 is 1.02. The van der Waals surface area contributed by atoms with Crippen molar-refractivity contribution >= 4 is 34.2 Å². The zero-order chi connectivity index (χ0) is 9.80. The molecule has 0 aliphatic carbocycles. The van der Waals surface area contributed by atoms with Gasteiger partial charge in [0, 0.05) is 17.2 Å². The fourth-order valence-electron chi connectivity index (χ4n) is 1.62. The summed E-state index contributed by atoms with van der Waals surface area (Å²) in [6.45, 7) is 3.30. The van der Waals surface area contributed by atoms with E-state index in [2.05, 4.69) is 31.5 Å². The second-order valence-electron chi connectivity index (χ2n) is 3.60. The fraction of sp³-hybridized carbons (Fsp3) is 0.500. The number of pyridine rings is 1. The molecule has 15 heavy (non-hydrogen) atoms. The Morgan fingerprint density at radius 3 is 3.00 bits per heavy atom. The topological polar surface area (TPSA) is 37.0 Å². The highest BCUT2D eigenvalue weighted by atomic mass is 79.9. The zero-order valence-corrected chi connectivity index (χ0v) is 10.8. The Bertz CT molecular complexity index is 285. The third-order valence-corrected chi connectivity index (χ3v) is 2.93. The molecule has 2 N–H and O–H groups in total. The van der Waals surface area contributed by atoms with Gasteiger partial charge < -0.3 is 10.6 Å². The van der Waals surface area contributed by atoms with E-state index in [0.29, 0.717) is 0 Å². The Balaban J connectivity index is 0.00000112. The lowest BCUT2D eigenvalue weighted by Crippen LogP contribution is -2.17. The summed E-state index contributed by atoms with van der Waals surface area (Å²) in [5, 5.41) is 6.69. The van der Waals surface area contributed by atoms with Crippen LogP contribution in [0.4, 0.5) is 5.82 Å².